The third-order valence-corrected chi connectivity index (χ3v) is 4.63. The van der Waals surface area contributed by atoms with Crippen LogP contribution in [-0.2, 0) is 10.0 Å². The highest BCUT2D eigenvalue weighted by molar-refractivity contribution is 7.89. The summed E-state index contributed by atoms with van der Waals surface area (Å²) in [5, 5.41) is 10.4. The minimum absolute atomic E-state index is 0.0111. The van der Waals surface area contributed by atoms with Crippen molar-refractivity contribution in [3.05, 3.63) is 36.5 Å². The number of aliphatic hydroxyl groups excluding tert-OH is 1. The van der Waals surface area contributed by atoms with E-state index >= 15 is 0 Å². The van der Waals surface area contributed by atoms with Crippen LogP contribution in [0.25, 0.3) is 10.9 Å². The fourth-order valence-corrected chi connectivity index (χ4v) is 3.51. The van der Waals surface area contributed by atoms with E-state index in [4.69, 9.17) is 0 Å². The minimum atomic E-state index is -3.67. The summed E-state index contributed by atoms with van der Waals surface area (Å²) in [5.74, 6) is 0.311. The number of nitrogens with zero attached hydrogens (tertiary/aromatic N) is 1. The number of aromatic nitrogens is 1. The summed E-state index contributed by atoms with van der Waals surface area (Å²) in [6.07, 6.45) is 1.49. The summed E-state index contributed by atoms with van der Waals surface area (Å²) in [4.78, 5) is 4.33. The Bertz CT molecular complexity index is 708. The number of hydrogen-bond donors (Lipinski definition) is 2. The predicted octanol–water partition coefficient (Wildman–Crippen LogP) is 1.92. The van der Waals surface area contributed by atoms with Gasteiger partial charge in [-0.25, -0.2) is 13.1 Å². The molecule has 6 heteroatoms. The van der Waals surface area contributed by atoms with E-state index in [1.807, 2.05) is 13.8 Å². The zero-order chi connectivity index (χ0) is 15.5. The van der Waals surface area contributed by atoms with E-state index in [2.05, 4.69) is 9.71 Å². The van der Waals surface area contributed by atoms with E-state index in [0.717, 1.165) is 0 Å². The van der Waals surface area contributed by atoms with Gasteiger partial charge in [-0.3, -0.25) is 4.98 Å². The zero-order valence-corrected chi connectivity index (χ0v) is 13.0. The Morgan fingerprint density at radius 1 is 1.24 bits per heavy atom. The third-order valence-electron chi connectivity index (χ3n) is 3.15. The molecule has 1 aromatic heterocycles. The van der Waals surface area contributed by atoms with Gasteiger partial charge in [-0.1, -0.05) is 19.9 Å². The SMILES string of the molecule is CC(C)CC(O)CNS(=O)(=O)c1cccc2ncccc12. The molecule has 0 fully saturated rings. The van der Waals surface area contributed by atoms with E-state index in [9.17, 15) is 13.5 Å². The Kier molecular flexibility index (Phi) is 4.92. The largest absolute Gasteiger partial charge is 0.392 e. The van der Waals surface area contributed by atoms with Crippen molar-refractivity contribution in [1.82, 2.24) is 9.71 Å². The van der Waals surface area contributed by atoms with Crippen LogP contribution in [-0.4, -0.2) is 31.2 Å². The normalized spacial score (nSPS) is 13.7. The average molecular weight is 308 g/mol. The molecule has 0 aliphatic heterocycles. The van der Waals surface area contributed by atoms with Crippen molar-refractivity contribution >= 4 is 20.9 Å². The van der Waals surface area contributed by atoms with Gasteiger partial charge in [0.15, 0.2) is 0 Å². The first kappa shape index (κ1) is 15.9. The Labute approximate surface area is 125 Å². The van der Waals surface area contributed by atoms with Crippen molar-refractivity contribution in [2.75, 3.05) is 6.54 Å². The Morgan fingerprint density at radius 3 is 2.71 bits per heavy atom. The molecule has 2 rings (SSSR count). The molecule has 0 bridgehead atoms. The lowest BCUT2D eigenvalue weighted by Gasteiger charge is -2.14. The summed E-state index contributed by atoms with van der Waals surface area (Å²) in [6.45, 7) is 3.97. The molecule has 0 amide bonds. The van der Waals surface area contributed by atoms with Gasteiger partial charge in [0.05, 0.1) is 16.5 Å². The number of nitrogens with one attached hydrogen (secondary N) is 1. The highest BCUT2D eigenvalue weighted by Crippen LogP contribution is 2.21. The second-order valence-electron chi connectivity index (χ2n) is 5.46. The lowest BCUT2D eigenvalue weighted by Crippen LogP contribution is -2.32. The molecule has 5 nitrogen and oxygen atoms in total. The van der Waals surface area contributed by atoms with Gasteiger partial charge in [0.1, 0.15) is 0 Å². The quantitative estimate of drug-likeness (QED) is 0.854. The van der Waals surface area contributed by atoms with Gasteiger partial charge in [-0.05, 0) is 36.6 Å². The van der Waals surface area contributed by atoms with Crippen LogP contribution in [0.1, 0.15) is 20.3 Å². The van der Waals surface area contributed by atoms with Crippen LogP contribution < -0.4 is 4.72 Å². The molecule has 0 spiro atoms. The fourth-order valence-electron chi connectivity index (χ4n) is 2.22. The monoisotopic (exact) mass is 308 g/mol. The molecule has 1 atom stereocenters. The molecule has 0 radical (unpaired) electrons. The number of benzene rings is 1. The first-order valence-corrected chi connectivity index (χ1v) is 8.40. The van der Waals surface area contributed by atoms with Crippen molar-refractivity contribution in [3.63, 3.8) is 0 Å². The zero-order valence-electron chi connectivity index (χ0n) is 12.2. The Hall–Kier alpha value is -1.50. The van der Waals surface area contributed by atoms with Crippen LogP contribution in [0.2, 0.25) is 0 Å². The number of rotatable bonds is 6. The number of sulfonamides is 1. The molecule has 1 heterocycles. The Balaban J connectivity index is 2.22. The molecule has 2 aromatic rings. The van der Waals surface area contributed by atoms with E-state index in [1.165, 1.54) is 0 Å². The summed E-state index contributed by atoms with van der Waals surface area (Å²) in [5.41, 5.74) is 0.628. The highest BCUT2D eigenvalue weighted by Gasteiger charge is 2.19. The van der Waals surface area contributed by atoms with Gasteiger partial charge in [0, 0.05) is 18.1 Å². The molecule has 21 heavy (non-hydrogen) atoms. The van der Waals surface area contributed by atoms with Gasteiger partial charge in [-0.2, -0.15) is 0 Å². The first-order chi connectivity index (χ1) is 9.90. The lowest BCUT2D eigenvalue weighted by molar-refractivity contribution is 0.152. The molecular weight excluding hydrogens is 288 g/mol. The molecular formula is C15H20N2O3S. The second kappa shape index (κ2) is 6.51. The van der Waals surface area contributed by atoms with Crippen molar-refractivity contribution < 1.29 is 13.5 Å². The van der Waals surface area contributed by atoms with Crippen LogP contribution in [0.5, 0.6) is 0 Å². The molecule has 0 aliphatic carbocycles. The van der Waals surface area contributed by atoms with Gasteiger partial charge in [0.25, 0.3) is 0 Å². The van der Waals surface area contributed by atoms with Crippen LogP contribution in [0.3, 0.4) is 0 Å². The number of hydrogen-bond acceptors (Lipinski definition) is 4. The first-order valence-electron chi connectivity index (χ1n) is 6.91. The molecule has 1 unspecified atom stereocenters. The minimum Gasteiger partial charge on any atom is -0.392 e. The molecule has 1 aromatic carbocycles. The average Bonchev–Trinajstić information content (AvgIpc) is 2.44. The lowest BCUT2D eigenvalue weighted by atomic mass is 10.1. The maximum atomic E-state index is 12.4. The summed E-state index contributed by atoms with van der Waals surface area (Å²) in [6, 6.07) is 8.40. The molecule has 0 aliphatic rings. The number of aliphatic hydroxyl groups is 1. The van der Waals surface area contributed by atoms with E-state index in [0.29, 0.717) is 23.2 Å². The van der Waals surface area contributed by atoms with Crippen molar-refractivity contribution in [2.24, 2.45) is 5.92 Å². The van der Waals surface area contributed by atoms with E-state index in [1.54, 1.807) is 36.5 Å². The standard InChI is InChI=1S/C15H20N2O3S/c1-11(2)9-12(18)10-17-21(19,20)15-7-3-6-14-13(15)5-4-8-16-14/h3-8,11-12,17-18H,9-10H2,1-2H3. The third kappa shape index (κ3) is 4.00. The predicted molar refractivity (Wildman–Crippen MR) is 82.4 cm³/mol. The number of fused-ring (bicyclic) bond motifs is 1. The van der Waals surface area contributed by atoms with Crippen molar-refractivity contribution in [3.8, 4) is 0 Å². The summed E-state index contributed by atoms with van der Waals surface area (Å²) < 4.78 is 27.2. The second-order valence-corrected chi connectivity index (χ2v) is 7.20. The van der Waals surface area contributed by atoms with Gasteiger partial charge < -0.3 is 5.11 Å². The van der Waals surface area contributed by atoms with Crippen molar-refractivity contribution in [1.29, 1.82) is 0 Å². The smallest absolute Gasteiger partial charge is 0.241 e. The molecule has 0 saturated carbocycles. The van der Waals surface area contributed by atoms with Crippen LogP contribution >= 0.6 is 0 Å². The van der Waals surface area contributed by atoms with Crippen LogP contribution in [0.4, 0.5) is 0 Å². The van der Waals surface area contributed by atoms with Crippen LogP contribution in [0, 0.1) is 5.92 Å². The van der Waals surface area contributed by atoms with Gasteiger partial charge >= 0.3 is 0 Å². The van der Waals surface area contributed by atoms with Crippen molar-refractivity contribution in [2.45, 2.75) is 31.3 Å². The number of pyridine rings is 1. The highest BCUT2D eigenvalue weighted by atomic mass is 32.2. The topological polar surface area (TPSA) is 79.3 Å². The summed E-state index contributed by atoms with van der Waals surface area (Å²) >= 11 is 0. The van der Waals surface area contributed by atoms with E-state index in [-0.39, 0.29) is 11.4 Å². The van der Waals surface area contributed by atoms with Gasteiger partial charge in [0.2, 0.25) is 10.0 Å². The molecule has 2 N–H and O–H groups in total. The maximum absolute atomic E-state index is 12.4. The van der Waals surface area contributed by atoms with E-state index < -0.39 is 16.1 Å². The summed E-state index contributed by atoms with van der Waals surface area (Å²) in [7, 11) is -3.67. The van der Waals surface area contributed by atoms with Crippen LogP contribution in [0.15, 0.2) is 41.4 Å². The molecule has 114 valence electrons. The molecule has 0 saturated heterocycles. The Morgan fingerprint density at radius 2 is 2.00 bits per heavy atom. The fraction of sp³-hybridized carbons (Fsp3) is 0.400. The van der Waals surface area contributed by atoms with Gasteiger partial charge in [-0.15, -0.1) is 0 Å². The maximum Gasteiger partial charge on any atom is 0.241 e.